The highest BCUT2D eigenvalue weighted by Crippen LogP contribution is 2.15. The zero-order valence-electron chi connectivity index (χ0n) is 10.4. The van der Waals surface area contributed by atoms with Crippen molar-refractivity contribution in [2.24, 2.45) is 5.92 Å². The van der Waals surface area contributed by atoms with Gasteiger partial charge in [0.2, 0.25) is 0 Å². The second kappa shape index (κ2) is 4.97. The maximum atomic E-state index is 5.75. The topological polar surface area (TPSA) is 41.2 Å². The Morgan fingerprint density at radius 2 is 2.31 bits per heavy atom. The van der Waals surface area contributed by atoms with Crippen LogP contribution in [-0.2, 0) is 11.3 Å². The first-order valence-corrected chi connectivity index (χ1v) is 5.98. The van der Waals surface area contributed by atoms with Crippen molar-refractivity contribution in [2.45, 2.75) is 33.4 Å². The monoisotopic (exact) mass is 223 g/mol. The summed E-state index contributed by atoms with van der Waals surface area (Å²) in [6, 6.07) is 0. The number of imidazole rings is 1. The third-order valence-corrected chi connectivity index (χ3v) is 2.74. The molecule has 0 bridgehead atoms. The highest BCUT2D eigenvalue weighted by molar-refractivity contribution is 5.01. The molecule has 16 heavy (non-hydrogen) atoms. The molecule has 90 valence electrons. The van der Waals surface area contributed by atoms with E-state index in [1.807, 2.05) is 13.1 Å². The molecular weight excluding hydrogens is 202 g/mol. The Kier molecular flexibility index (Phi) is 3.61. The van der Waals surface area contributed by atoms with E-state index in [1.54, 1.807) is 0 Å². The summed E-state index contributed by atoms with van der Waals surface area (Å²) in [6.45, 7) is 10.3. The lowest BCUT2D eigenvalue weighted by Crippen LogP contribution is -2.51. The van der Waals surface area contributed by atoms with Gasteiger partial charge < -0.3 is 9.72 Å². The van der Waals surface area contributed by atoms with Crippen LogP contribution in [0.5, 0.6) is 0 Å². The number of H-pyrrole nitrogens is 1. The first kappa shape index (κ1) is 11.6. The first-order chi connectivity index (χ1) is 7.63. The molecule has 0 aliphatic carbocycles. The minimum atomic E-state index is 0.436. The molecule has 1 aromatic heterocycles. The van der Waals surface area contributed by atoms with Gasteiger partial charge in [-0.1, -0.05) is 13.8 Å². The molecule has 0 atom stereocenters. The summed E-state index contributed by atoms with van der Waals surface area (Å²) >= 11 is 0. The number of hydrogen-bond donors (Lipinski definition) is 1. The zero-order chi connectivity index (χ0) is 11.5. The van der Waals surface area contributed by atoms with E-state index in [0.717, 1.165) is 32.1 Å². The largest absolute Gasteiger partial charge is 0.375 e. The Bertz CT molecular complexity index is 329. The minimum Gasteiger partial charge on any atom is -0.375 e. The molecule has 2 rings (SSSR count). The molecule has 0 aromatic carbocycles. The van der Waals surface area contributed by atoms with E-state index >= 15 is 0 Å². The normalized spacial score (nSPS) is 18.0. The average Bonchev–Trinajstić information content (AvgIpc) is 2.55. The van der Waals surface area contributed by atoms with Crippen molar-refractivity contribution in [1.82, 2.24) is 14.9 Å². The molecule has 0 unspecified atom stereocenters. The average molecular weight is 223 g/mol. The summed E-state index contributed by atoms with van der Waals surface area (Å²) in [6.07, 6.45) is 2.35. The van der Waals surface area contributed by atoms with Gasteiger partial charge in [-0.15, -0.1) is 0 Å². The van der Waals surface area contributed by atoms with Gasteiger partial charge in [-0.3, -0.25) is 4.90 Å². The van der Waals surface area contributed by atoms with Crippen LogP contribution in [0.3, 0.4) is 0 Å². The van der Waals surface area contributed by atoms with Crippen molar-refractivity contribution in [3.05, 3.63) is 17.7 Å². The van der Waals surface area contributed by atoms with Gasteiger partial charge in [0.1, 0.15) is 5.82 Å². The maximum absolute atomic E-state index is 5.75. The zero-order valence-corrected chi connectivity index (χ0v) is 10.4. The highest BCUT2D eigenvalue weighted by Gasteiger charge is 2.27. The van der Waals surface area contributed by atoms with Gasteiger partial charge in [0, 0.05) is 38.1 Å². The highest BCUT2D eigenvalue weighted by atomic mass is 16.5. The lowest BCUT2D eigenvalue weighted by Gasteiger charge is -2.38. The fourth-order valence-corrected chi connectivity index (χ4v) is 1.88. The van der Waals surface area contributed by atoms with Crippen LogP contribution in [-0.4, -0.2) is 40.7 Å². The second-order valence-corrected chi connectivity index (χ2v) is 5.04. The Morgan fingerprint density at radius 1 is 1.56 bits per heavy atom. The molecule has 1 N–H and O–H groups in total. The predicted molar refractivity (Wildman–Crippen MR) is 63.2 cm³/mol. The lowest BCUT2D eigenvalue weighted by molar-refractivity contribution is -0.0661. The molecular formula is C12H21N3O. The number of rotatable bonds is 5. The Labute approximate surface area is 97.0 Å². The summed E-state index contributed by atoms with van der Waals surface area (Å²) in [5.41, 5.74) is 1.19. The van der Waals surface area contributed by atoms with Gasteiger partial charge in [-0.25, -0.2) is 4.98 Å². The van der Waals surface area contributed by atoms with Crippen LogP contribution in [0.2, 0.25) is 0 Å². The Balaban J connectivity index is 1.65. The standard InChI is InChI=1S/C12H21N3O/c1-9(2)8-16-12-6-15(7-12)5-11-4-13-10(3)14-11/h4,9,12H,5-8H2,1-3H3,(H,13,14). The summed E-state index contributed by atoms with van der Waals surface area (Å²) in [5.74, 6) is 1.62. The van der Waals surface area contributed by atoms with Gasteiger partial charge in [0.15, 0.2) is 0 Å². The molecule has 4 nitrogen and oxygen atoms in total. The number of nitrogens with zero attached hydrogens (tertiary/aromatic N) is 2. The van der Waals surface area contributed by atoms with Gasteiger partial charge in [0.25, 0.3) is 0 Å². The molecule has 0 spiro atoms. The number of likely N-dealkylation sites (tertiary alicyclic amines) is 1. The van der Waals surface area contributed by atoms with Crippen LogP contribution in [0.4, 0.5) is 0 Å². The number of aromatic amines is 1. The lowest BCUT2D eigenvalue weighted by atomic mass is 10.1. The summed E-state index contributed by atoms with van der Waals surface area (Å²) in [7, 11) is 0. The minimum absolute atomic E-state index is 0.436. The molecule has 4 heteroatoms. The van der Waals surface area contributed by atoms with Gasteiger partial charge >= 0.3 is 0 Å². The number of aromatic nitrogens is 2. The van der Waals surface area contributed by atoms with E-state index in [-0.39, 0.29) is 0 Å². The van der Waals surface area contributed by atoms with Crippen molar-refractivity contribution >= 4 is 0 Å². The van der Waals surface area contributed by atoms with Crippen LogP contribution >= 0.6 is 0 Å². The molecule has 0 amide bonds. The number of aryl methyl sites for hydroxylation is 1. The van der Waals surface area contributed by atoms with E-state index in [0.29, 0.717) is 12.0 Å². The van der Waals surface area contributed by atoms with Crippen LogP contribution < -0.4 is 0 Å². The van der Waals surface area contributed by atoms with Crippen LogP contribution in [0.15, 0.2) is 6.20 Å². The van der Waals surface area contributed by atoms with E-state index in [1.165, 1.54) is 5.69 Å². The molecule has 1 saturated heterocycles. The first-order valence-electron chi connectivity index (χ1n) is 5.98. The fraction of sp³-hybridized carbons (Fsp3) is 0.750. The molecule has 0 saturated carbocycles. The van der Waals surface area contributed by atoms with Crippen molar-refractivity contribution in [1.29, 1.82) is 0 Å². The summed E-state index contributed by atoms with van der Waals surface area (Å²) < 4.78 is 5.75. The summed E-state index contributed by atoms with van der Waals surface area (Å²) in [5, 5.41) is 0. The van der Waals surface area contributed by atoms with Gasteiger partial charge in [0.05, 0.1) is 6.10 Å². The SMILES string of the molecule is Cc1ncc(CN2CC(OCC(C)C)C2)[nH]1. The molecule has 1 fully saturated rings. The van der Waals surface area contributed by atoms with E-state index in [9.17, 15) is 0 Å². The Morgan fingerprint density at radius 3 is 2.88 bits per heavy atom. The van der Waals surface area contributed by atoms with Crippen LogP contribution in [0, 0.1) is 12.8 Å². The fourth-order valence-electron chi connectivity index (χ4n) is 1.88. The van der Waals surface area contributed by atoms with Crippen molar-refractivity contribution in [3.8, 4) is 0 Å². The van der Waals surface area contributed by atoms with E-state index in [2.05, 4.69) is 28.7 Å². The number of ether oxygens (including phenoxy) is 1. The number of nitrogens with one attached hydrogen (secondary N) is 1. The predicted octanol–water partition coefficient (Wildman–Crippen LogP) is 1.57. The molecule has 0 radical (unpaired) electrons. The van der Waals surface area contributed by atoms with Gasteiger partial charge in [-0.2, -0.15) is 0 Å². The van der Waals surface area contributed by atoms with Crippen LogP contribution in [0.25, 0.3) is 0 Å². The molecule has 1 aliphatic rings. The van der Waals surface area contributed by atoms with Crippen molar-refractivity contribution < 1.29 is 4.74 Å². The van der Waals surface area contributed by atoms with Crippen molar-refractivity contribution in [2.75, 3.05) is 19.7 Å². The third kappa shape index (κ3) is 3.06. The number of hydrogen-bond acceptors (Lipinski definition) is 3. The van der Waals surface area contributed by atoms with Crippen molar-refractivity contribution in [3.63, 3.8) is 0 Å². The maximum Gasteiger partial charge on any atom is 0.103 e. The molecule has 1 aliphatic heterocycles. The Hall–Kier alpha value is -0.870. The molecule has 2 heterocycles. The van der Waals surface area contributed by atoms with E-state index < -0.39 is 0 Å². The molecule has 1 aromatic rings. The van der Waals surface area contributed by atoms with Crippen LogP contribution in [0.1, 0.15) is 25.4 Å². The smallest absolute Gasteiger partial charge is 0.103 e. The summed E-state index contributed by atoms with van der Waals surface area (Å²) in [4.78, 5) is 9.81. The quantitative estimate of drug-likeness (QED) is 0.824. The second-order valence-electron chi connectivity index (χ2n) is 5.04. The van der Waals surface area contributed by atoms with Gasteiger partial charge in [-0.05, 0) is 12.8 Å². The van der Waals surface area contributed by atoms with E-state index in [4.69, 9.17) is 4.74 Å². The third-order valence-electron chi connectivity index (χ3n) is 2.74.